The van der Waals surface area contributed by atoms with Gasteiger partial charge in [-0.15, -0.1) is 0 Å². The summed E-state index contributed by atoms with van der Waals surface area (Å²) in [4.78, 5) is 31.9. The summed E-state index contributed by atoms with van der Waals surface area (Å²) < 4.78 is 11.6. The van der Waals surface area contributed by atoms with E-state index in [1.165, 1.54) is 0 Å². The lowest BCUT2D eigenvalue weighted by Gasteiger charge is -2.15. The Balaban J connectivity index is 1.44. The molecule has 2 heterocycles. The van der Waals surface area contributed by atoms with Crippen LogP contribution in [0.5, 0.6) is 0 Å². The maximum Gasteiger partial charge on any atom is 0.305 e. The van der Waals surface area contributed by atoms with Crippen LogP contribution in [0.3, 0.4) is 0 Å². The van der Waals surface area contributed by atoms with E-state index in [2.05, 4.69) is 34.6 Å². The predicted octanol–water partition coefficient (Wildman–Crippen LogP) is 4.83. The molecule has 0 aliphatic carbocycles. The van der Waals surface area contributed by atoms with Crippen LogP contribution in [0.15, 0.2) is 75.7 Å². The summed E-state index contributed by atoms with van der Waals surface area (Å²) in [7, 11) is 0. The van der Waals surface area contributed by atoms with Crippen molar-refractivity contribution in [3.8, 4) is 22.8 Å². The first-order valence-electron chi connectivity index (χ1n) is 11.5. The highest BCUT2D eigenvalue weighted by molar-refractivity contribution is 6.01. The van der Waals surface area contributed by atoms with Crippen LogP contribution in [-0.4, -0.2) is 34.8 Å². The van der Waals surface area contributed by atoms with Gasteiger partial charge in [-0.25, -0.2) is 4.98 Å². The molecule has 0 spiro atoms. The predicted molar refractivity (Wildman–Crippen MR) is 132 cm³/mol. The number of carbonyl (C=O) groups is 2. The van der Waals surface area contributed by atoms with Crippen molar-refractivity contribution in [1.29, 1.82) is 0 Å². The van der Waals surface area contributed by atoms with Crippen LogP contribution in [0.1, 0.15) is 46.1 Å². The normalized spacial score (nSPS) is 11.0. The molecular formula is C27H28N4O4. The molecule has 2 N–H and O–H groups in total. The number of benzene rings is 2. The number of hydrogen-bond donors (Lipinski definition) is 2. The van der Waals surface area contributed by atoms with E-state index in [-0.39, 0.29) is 5.76 Å². The number of hydrazine groups is 1. The van der Waals surface area contributed by atoms with Crippen molar-refractivity contribution in [1.82, 2.24) is 20.7 Å². The average Bonchev–Trinajstić information content (AvgIpc) is 3.56. The molecule has 4 rings (SSSR count). The van der Waals surface area contributed by atoms with Crippen molar-refractivity contribution in [3.63, 3.8) is 0 Å². The van der Waals surface area contributed by atoms with Crippen molar-refractivity contribution < 1.29 is 18.4 Å². The zero-order valence-corrected chi connectivity index (χ0v) is 20.0. The van der Waals surface area contributed by atoms with Gasteiger partial charge in [-0.2, -0.15) is 0 Å². The number of aromatic nitrogens is 1. The van der Waals surface area contributed by atoms with Gasteiger partial charge < -0.3 is 8.83 Å². The third kappa shape index (κ3) is 5.67. The molecule has 0 atom stereocenters. The minimum Gasteiger partial charge on any atom is -0.454 e. The molecule has 0 bridgehead atoms. The van der Waals surface area contributed by atoms with Gasteiger partial charge in [0, 0.05) is 11.1 Å². The summed E-state index contributed by atoms with van der Waals surface area (Å²) >= 11 is 0. The molecule has 0 saturated carbocycles. The molecule has 2 aromatic heterocycles. The third-order valence-electron chi connectivity index (χ3n) is 5.69. The number of nitrogens with zero attached hydrogens (tertiary/aromatic N) is 2. The van der Waals surface area contributed by atoms with Gasteiger partial charge in [-0.05, 0) is 44.3 Å². The van der Waals surface area contributed by atoms with Gasteiger partial charge >= 0.3 is 5.91 Å². The molecule has 0 unspecified atom stereocenters. The number of rotatable bonds is 8. The van der Waals surface area contributed by atoms with Crippen molar-refractivity contribution in [2.45, 2.75) is 27.3 Å². The number of furan rings is 1. The molecular weight excluding hydrogens is 444 g/mol. The van der Waals surface area contributed by atoms with Crippen LogP contribution in [0, 0.1) is 6.92 Å². The van der Waals surface area contributed by atoms with Crippen LogP contribution >= 0.6 is 0 Å². The van der Waals surface area contributed by atoms with Crippen molar-refractivity contribution in [2.75, 3.05) is 13.1 Å². The molecule has 8 nitrogen and oxygen atoms in total. The fraction of sp³-hybridized carbons (Fsp3) is 0.222. The first kappa shape index (κ1) is 24.0. The quantitative estimate of drug-likeness (QED) is 0.357. The summed E-state index contributed by atoms with van der Waals surface area (Å²) in [5, 5.41) is 0. The lowest BCUT2D eigenvalue weighted by Crippen LogP contribution is -2.41. The Morgan fingerprint density at radius 3 is 2.34 bits per heavy atom. The molecule has 0 radical (unpaired) electrons. The second-order valence-corrected chi connectivity index (χ2v) is 8.08. The van der Waals surface area contributed by atoms with Crippen LogP contribution < -0.4 is 10.9 Å². The number of hydrogen-bond acceptors (Lipinski definition) is 6. The van der Waals surface area contributed by atoms with Crippen LogP contribution in [0.2, 0.25) is 0 Å². The molecule has 0 aliphatic heterocycles. The number of amides is 2. The Hall–Kier alpha value is -4.17. The molecule has 4 aromatic rings. The monoisotopic (exact) mass is 472 g/mol. The fourth-order valence-corrected chi connectivity index (χ4v) is 3.61. The number of carbonyl (C=O) groups excluding carboxylic acids is 2. The minimum atomic E-state index is -0.542. The molecule has 0 saturated heterocycles. The molecule has 180 valence electrons. The maximum atomic E-state index is 12.9. The Kier molecular flexibility index (Phi) is 7.42. The molecule has 8 heteroatoms. The number of oxazole rings is 1. The standard InChI is InChI=1S/C27H28N4O4/c1-4-31(5-2)17-20-14-15-23(34-20)26(33)30-29-25(32)21-8-6-7-9-22(21)27-28-16-24(35-27)19-12-10-18(3)11-13-19/h6-16H,4-5,17H2,1-3H3,(H,29,32)(H,30,33). The molecule has 2 amide bonds. The van der Waals surface area contributed by atoms with Crippen LogP contribution in [0.25, 0.3) is 22.8 Å². The summed E-state index contributed by atoms with van der Waals surface area (Å²) in [5.74, 6) is 0.671. The third-order valence-corrected chi connectivity index (χ3v) is 5.69. The van der Waals surface area contributed by atoms with E-state index in [4.69, 9.17) is 8.83 Å². The van der Waals surface area contributed by atoms with E-state index in [1.807, 2.05) is 31.2 Å². The van der Waals surface area contributed by atoms with E-state index in [0.717, 1.165) is 24.2 Å². The second-order valence-electron chi connectivity index (χ2n) is 8.08. The Labute approximate surface area is 203 Å². The maximum absolute atomic E-state index is 12.9. The molecule has 0 aliphatic rings. The van der Waals surface area contributed by atoms with Crippen molar-refractivity contribution in [2.24, 2.45) is 0 Å². The van der Waals surface area contributed by atoms with E-state index in [1.54, 1.807) is 42.6 Å². The molecule has 0 fully saturated rings. The van der Waals surface area contributed by atoms with E-state index in [9.17, 15) is 9.59 Å². The summed E-state index contributed by atoms with van der Waals surface area (Å²) in [6.07, 6.45) is 1.63. The Morgan fingerprint density at radius 1 is 0.886 bits per heavy atom. The summed E-state index contributed by atoms with van der Waals surface area (Å²) in [6.45, 7) is 8.52. The Morgan fingerprint density at radius 2 is 1.60 bits per heavy atom. The van der Waals surface area contributed by atoms with Crippen LogP contribution in [0.4, 0.5) is 0 Å². The topological polar surface area (TPSA) is 101 Å². The van der Waals surface area contributed by atoms with Gasteiger partial charge in [0.25, 0.3) is 5.91 Å². The van der Waals surface area contributed by atoms with E-state index < -0.39 is 11.8 Å². The largest absolute Gasteiger partial charge is 0.454 e. The molecule has 2 aromatic carbocycles. The minimum absolute atomic E-state index is 0.121. The Bertz CT molecular complexity index is 1300. The SMILES string of the molecule is CCN(CC)Cc1ccc(C(=O)NNC(=O)c2ccccc2-c2ncc(-c3ccc(C)cc3)o2)o1. The van der Waals surface area contributed by atoms with Gasteiger partial charge in [0.1, 0.15) is 5.76 Å². The average molecular weight is 473 g/mol. The second kappa shape index (κ2) is 10.8. The van der Waals surface area contributed by atoms with Crippen LogP contribution in [-0.2, 0) is 6.54 Å². The van der Waals surface area contributed by atoms with E-state index >= 15 is 0 Å². The van der Waals surface area contributed by atoms with Crippen molar-refractivity contribution >= 4 is 11.8 Å². The number of nitrogens with one attached hydrogen (secondary N) is 2. The van der Waals surface area contributed by atoms with Gasteiger partial charge in [0.15, 0.2) is 11.5 Å². The summed E-state index contributed by atoms with van der Waals surface area (Å²) in [6, 6.07) is 18.2. The zero-order chi connectivity index (χ0) is 24.8. The van der Waals surface area contributed by atoms with Gasteiger partial charge in [0.05, 0.1) is 18.3 Å². The van der Waals surface area contributed by atoms with Gasteiger partial charge in [-0.3, -0.25) is 25.3 Å². The fourth-order valence-electron chi connectivity index (χ4n) is 3.61. The first-order chi connectivity index (χ1) is 17.0. The highest BCUT2D eigenvalue weighted by atomic mass is 16.4. The smallest absolute Gasteiger partial charge is 0.305 e. The van der Waals surface area contributed by atoms with Crippen molar-refractivity contribution in [3.05, 3.63) is 89.5 Å². The zero-order valence-electron chi connectivity index (χ0n) is 20.0. The highest BCUT2D eigenvalue weighted by Gasteiger charge is 2.19. The highest BCUT2D eigenvalue weighted by Crippen LogP contribution is 2.28. The van der Waals surface area contributed by atoms with Gasteiger partial charge in [-0.1, -0.05) is 55.8 Å². The molecule has 35 heavy (non-hydrogen) atoms. The number of aryl methyl sites for hydroxylation is 1. The van der Waals surface area contributed by atoms with E-state index in [0.29, 0.717) is 35.1 Å². The lowest BCUT2D eigenvalue weighted by atomic mass is 10.1. The lowest BCUT2D eigenvalue weighted by molar-refractivity contribution is 0.0829. The summed E-state index contributed by atoms with van der Waals surface area (Å²) in [5.41, 5.74) is 7.72. The van der Waals surface area contributed by atoms with Gasteiger partial charge in [0.2, 0.25) is 5.89 Å². The first-order valence-corrected chi connectivity index (χ1v) is 11.5.